The van der Waals surface area contributed by atoms with Gasteiger partial charge in [-0.25, -0.2) is 4.68 Å². The van der Waals surface area contributed by atoms with Crippen molar-refractivity contribution in [2.24, 2.45) is 0 Å². The summed E-state index contributed by atoms with van der Waals surface area (Å²) < 4.78 is 4.09. The van der Waals surface area contributed by atoms with Gasteiger partial charge in [0.15, 0.2) is 0 Å². The van der Waals surface area contributed by atoms with Gasteiger partial charge in [-0.1, -0.05) is 25.7 Å². The van der Waals surface area contributed by atoms with Crippen molar-refractivity contribution in [3.63, 3.8) is 0 Å². The van der Waals surface area contributed by atoms with Gasteiger partial charge in [-0.3, -0.25) is 14.0 Å². The lowest BCUT2D eigenvalue weighted by Crippen LogP contribution is -2.39. The first kappa shape index (κ1) is 15.4. The molecule has 0 aliphatic heterocycles. The maximum absolute atomic E-state index is 12.6. The molecule has 0 atom stereocenters. The third kappa shape index (κ3) is 2.84. The zero-order valence-electron chi connectivity index (χ0n) is 13.4. The van der Waals surface area contributed by atoms with Gasteiger partial charge in [0, 0.05) is 6.04 Å². The number of nitrogens with zero attached hydrogens (tertiary/aromatic N) is 3. The van der Waals surface area contributed by atoms with Crippen molar-refractivity contribution in [2.75, 3.05) is 0 Å². The van der Waals surface area contributed by atoms with E-state index in [0.717, 1.165) is 35.9 Å². The van der Waals surface area contributed by atoms with Gasteiger partial charge in [0.05, 0.1) is 10.2 Å². The topological polar surface area (TPSA) is 68.4 Å². The molecule has 24 heavy (non-hydrogen) atoms. The molecular formula is C17H20N4O2S. The molecule has 6 nitrogen and oxygen atoms in total. The van der Waals surface area contributed by atoms with Gasteiger partial charge in [-0.15, -0.1) is 11.3 Å². The van der Waals surface area contributed by atoms with Crippen LogP contribution in [0, 0.1) is 0 Å². The van der Waals surface area contributed by atoms with Crippen LogP contribution < -0.4 is 10.9 Å². The summed E-state index contributed by atoms with van der Waals surface area (Å²) in [6.07, 6.45) is 8.49. The molecule has 0 radical (unpaired) electrons. The molecule has 1 fully saturated rings. The lowest BCUT2D eigenvalue weighted by molar-refractivity contribution is -0.122. The van der Waals surface area contributed by atoms with Crippen molar-refractivity contribution >= 4 is 33.0 Å². The second-order valence-corrected chi connectivity index (χ2v) is 7.37. The lowest BCUT2D eigenvalue weighted by atomic mass is 10.1. The van der Waals surface area contributed by atoms with Crippen LogP contribution in [0.2, 0.25) is 0 Å². The molecule has 1 aliphatic carbocycles. The minimum absolute atomic E-state index is 0.0232. The summed E-state index contributed by atoms with van der Waals surface area (Å²) in [5, 5.41) is 9.22. The molecule has 0 saturated heterocycles. The van der Waals surface area contributed by atoms with E-state index in [1.165, 1.54) is 17.5 Å². The molecule has 4 rings (SSSR count). The van der Waals surface area contributed by atoms with Crippen molar-refractivity contribution in [1.29, 1.82) is 0 Å². The Kier molecular flexibility index (Phi) is 4.10. The second-order valence-electron chi connectivity index (χ2n) is 6.42. The number of hydrogen-bond donors (Lipinski definition) is 1. The van der Waals surface area contributed by atoms with Gasteiger partial charge in [0.25, 0.3) is 5.56 Å². The number of thiophene rings is 1. The number of rotatable bonds is 3. The Morgan fingerprint density at radius 2 is 2.04 bits per heavy atom. The molecule has 1 saturated carbocycles. The number of carbonyl (C=O) groups is 1. The van der Waals surface area contributed by atoms with Crippen LogP contribution in [0.5, 0.6) is 0 Å². The van der Waals surface area contributed by atoms with Crippen LogP contribution in [0.3, 0.4) is 0 Å². The molecule has 3 aromatic rings. The molecule has 126 valence electrons. The van der Waals surface area contributed by atoms with Gasteiger partial charge in [0.1, 0.15) is 18.4 Å². The van der Waals surface area contributed by atoms with Crippen LogP contribution in [0.1, 0.15) is 38.5 Å². The van der Waals surface area contributed by atoms with Crippen molar-refractivity contribution in [2.45, 2.75) is 51.1 Å². The monoisotopic (exact) mass is 344 g/mol. The summed E-state index contributed by atoms with van der Waals surface area (Å²) in [6.45, 7) is -0.0232. The van der Waals surface area contributed by atoms with E-state index in [0.29, 0.717) is 5.52 Å². The minimum Gasteiger partial charge on any atom is -0.352 e. The third-order valence-corrected chi connectivity index (χ3v) is 5.59. The molecule has 1 amide bonds. The molecule has 0 spiro atoms. The molecule has 0 bridgehead atoms. The van der Waals surface area contributed by atoms with E-state index in [1.807, 2.05) is 17.5 Å². The minimum atomic E-state index is -0.225. The summed E-state index contributed by atoms with van der Waals surface area (Å²) in [5.74, 6) is -0.130. The summed E-state index contributed by atoms with van der Waals surface area (Å²) in [6, 6.07) is 4.07. The Morgan fingerprint density at radius 3 is 2.83 bits per heavy atom. The molecule has 3 heterocycles. The Hall–Kier alpha value is -2.15. The van der Waals surface area contributed by atoms with Crippen molar-refractivity contribution in [1.82, 2.24) is 19.5 Å². The molecule has 1 aliphatic rings. The predicted molar refractivity (Wildman–Crippen MR) is 94.5 cm³/mol. The van der Waals surface area contributed by atoms with E-state index in [2.05, 4.69) is 10.4 Å². The van der Waals surface area contributed by atoms with E-state index >= 15 is 0 Å². The van der Waals surface area contributed by atoms with Gasteiger partial charge < -0.3 is 5.32 Å². The number of hydrogen-bond acceptors (Lipinski definition) is 4. The normalized spacial score (nSPS) is 16.5. The maximum atomic E-state index is 12.6. The van der Waals surface area contributed by atoms with Crippen molar-refractivity contribution in [3.05, 3.63) is 34.2 Å². The van der Waals surface area contributed by atoms with Crippen LogP contribution in [-0.2, 0) is 11.3 Å². The highest BCUT2D eigenvalue weighted by Crippen LogP contribution is 2.23. The standard InChI is InChI=1S/C17H20N4O2S/c22-16(19-12-5-3-1-2-4-6-12)10-21-17(23)14-9-15-13(7-8-24-15)20(14)11-18-21/h7-9,11-12H,1-6,10H2,(H,19,22). The highest BCUT2D eigenvalue weighted by molar-refractivity contribution is 7.17. The number of nitrogens with one attached hydrogen (secondary N) is 1. The third-order valence-electron chi connectivity index (χ3n) is 4.73. The maximum Gasteiger partial charge on any atom is 0.291 e. The van der Waals surface area contributed by atoms with Crippen molar-refractivity contribution in [3.8, 4) is 0 Å². The smallest absolute Gasteiger partial charge is 0.291 e. The van der Waals surface area contributed by atoms with E-state index in [1.54, 1.807) is 22.1 Å². The molecular weight excluding hydrogens is 324 g/mol. The van der Waals surface area contributed by atoms with Gasteiger partial charge in [-0.2, -0.15) is 5.10 Å². The Labute approximate surface area is 143 Å². The van der Waals surface area contributed by atoms with Crippen LogP contribution in [-0.4, -0.2) is 26.1 Å². The average molecular weight is 344 g/mol. The first-order valence-electron chi connectivity index (χ1n) is 8.46. The van der Waals surface area contributed by atoms with Gasteiger partial charge >= 0.3 is 0 Å². The number of amides is 1. The molecule has 0 unspecified atom stereocenters. The molecule has 7 heteroatoms. The highest BCUT2D eigenvalue weighted by Gasteiger charge is 2.16. The first-order chi connectivity index (χ1) is 11.7. The molecule has 3 aromatic heterocycles. The SMILES string of the molecule is O=C(Cn1ncn2c(cc3sccc32)c1=O)NC1CCCCCC1. The van der Waals surface area contributed by atoms with Crippen LogP contribution >= 0.6 is 11.3 Å². The molecule has 0 aromatic carbocycles. The van der Waals surface area contributed by atoms with E-state index in [4.69, 9.17) is 0 Å². The van der Waals surface area contributed by atoms with Crippen LogP contribution in [0.15, 0.2) is 28.6 Å². The Bertz CT molecular complexity index is 931. The zero-order valence-corrected chi connectivity index (χ0v) is 14.2. The number of fused-ring (bicyclic) bond motifs is 3. The van der Waals surface area contributed by atoms with E-state index in [9.17, 15) is 9.59 Å². The summed E-state index contributed by atoms with van der Waals surface area (Å²) in [7, 11) is 0. The summed E-state index contributed by atoms with van der Waals surface area (Å²) >= 11 is 1.59. The fourth-order valence-electron chi connectivity index (χ4n) is 3.48. The van der Waals surface area contributed by atoms with E-state index < -0.39 is 0 Å². The summed E-state index contributed by atoms with van der Waals surface area (Å²) in [4.78, 5) is 24.9. The fourth-order valence-corrected chi connectivity index (χ4v) is 4.29. The Morgan fingerprint density at radius 1 is 1.25 bits per heavy atom. The largest absolute Gasteiger partial charge is 0.352 e. The summed E-state index contributed by atoms with van der Waals surface area (Å²) in [5.41, 5.74) is 1.32. The Balaban J connectivity index is 1.54. The second kappa shape index (κ2) is 6.39. The number of carbonyl (C=O) groups excluding carboxylic acids is 1. The fraction of sp³-hybridized carbons (Fsp3) is 0.471. The average Bonchev–Trinajstić information content (AvgIpc) is 3.05. The van der Waals surface area contributed by atoms with Crippen molar-refractivity contribution < 1.29 is 4.79 Å². The van der Waals surface area contributed by atoms with Gasteiger partial charge in [0.2, 0.25) is 5.91 Å². The predicted octanol–water partition coefficient (Wildman–Crippen LogP) is 2.55. The number of aromatic nitrogens is 3. The molecule has 1 N–H and O–H groups in total. The van der Waals surface area contributed by atoms with E-state index in [-0.39, 0.29) is 24.1 Å². The quantitative estimate of drug-likeness (QED) is 0.743. The highest BCUT2D eigenvalue weighted by atomic mass is 32.1. The first-order valence-corrected chi connectivity index (χ1v) is 9.34. The zero-order chi connectivity index (χ0) is 16.5. The lowest BCUT2D eigenvalue weighted by Gasteiger charge is -2.16. The van der Waals surface area contributed by atoms with Gasteiger partial charge in [-0.05, 0) is 30.4 Å². The van der Waals surface area contributed by atoms with Crippen LogP contribution in [0.25, 0.3) is 15.7 Å². The van der Waals surface area contributed by atoms with Crippen LogP contribution in [0.4, 0.5) is 0 Å².